The van der Waals surface area contributed by atoms with E-state index >= 15 is 0 Å². The topological polar surface area (TPSA) is 76.1 Å². The van der Waals surface area contributed by atoms with Crippen molar-refractivity contribution in [3.63, 3.8) is 0 Å². The van der Waals surface area contributed by atoms with Crippen LogP contribution in [0.5, 0.6) is 0 Å². The maximum atomic E-state index is 12.3. The number of ether oxygens (including phenoxy) is 2. The molecule has 0 aromatic rings. The summed E-state index contributed by atoms with van der Waals surface area (Å²) in [6, 6.07) is 0. The average molecular weight is 307 g/mol. The van der Waals surface area contributed by atoms with Crippen LogP contribution in [0.15, 0.2) is 23.4 Å². The highest BCUT2D eigenvalue weighted by Gasteiger charge is 2.31. The van der Waals surface area contributed by atoms with Gasteiger partial charge in [-0.05, 0) is 32.9 Å². The van der Waals surface area contributed by atoms with Gasteiger partial charge in [-0.1, -0.05) is 5.92 Å². The van der Waals surface area contributed by atoms with Crippen LogP contribution in [-0.4, -0.2) is 47.4 Å². The number of carbonyl (C=O) groups excluding carboxylic acids is 1. The summed E-state index contributed by atoms with van der Waals surface area (Å²) in [5.74, 6) is 1.39. The Bertz CT molecular complexity index is 548. The standard InChI is InChI=1S/C16H21NO5/c1-6-9-17(15(20)22-16(2,3)4)12-8-7-11(14(18)19)10-13(12)21-5/h1,7-8,13H,9-10H2,2-5H3,(H,18,19). The molecule has 1 unspecified atom stereocenters. The molecule has 0 aromatic heterocycles. The minimum atomic E-state index is -1.02. The molecule has 0 radical (unpaired) electrons. The molecule has 1 amide bonds. The Morgan fingerprint density at radius 2 is 2.09 bits per heavy atom. The molecular weight excluding hydrogens is 286 g/mol. The lowest BCUT2D eigenvalue weighted by Gasteiger charge is -2.32. The van der Waals surface area contributed by atoms with Crippen molar-refractivity contribution in [1.82, 2.24) is 4.90 Å². The molecule has 0 heterocycles. The van der Waals surface area contributed by atoms with E-state index in [1.54, 1.807) is 20.8 Å². The van der Waals surface area contributed by atoms with Crippen molar-refractivity contribution in [2.75, 3.05) is 13.7 Å². The largest absolute Gasteiger partial charge is 0.478 e. The van der Waals surface area contributed by atoms with E-state index in [1.807, 2.05) is 0 Å². The summed E-state index contributed by atoms with van der Waals surface area (Å²) in [6.07, 6.45) is 7.29. The second-order valence-corrected chi connectivity index (χ2v) is 5.79. The zero-order valence-corrected chi connectivity index (χ0v) is 13.3. The third-order valence-corrected chi connectivity index (χ3v) is 2.92. The molecule has 1 aliphatic rings. The molecule has 1 N–H and O–H groups in total. The van der Waals surface area contributed by atoms with Crippen LogP contribution in [-0.2, 0) is 14.3 Å². The highest BCUT2D eigenvalue weighted by molar-refractivity contribution is 5.87. The molecule has 22 heavy (non-hydrogen) atoms. The molecule has 120 valence electrons. The van der Waals surface area contributed by atoms with E-state index in [0.29, 0.717) is 5.70 Å². The highest BCUT2D eigenvalue weighted by Crippen LogP contribution is 2.26. The van der Waals surface area contributed by atoms with Gasteiger partial charge in [-0.25, -0.2) is 9.59 Å². The van der Waals surface area contributed by atoms with E-state index in [4.69, 9.17) is 21.0 Å². The van der Waals surface area contributed by atoms with Gasteiger partial charge in [0, 0.05) is 19.1 Å². The maximum absolute atomic E-state index is 12.3. The van der Waals surface area contributed by atoms with Gasteiger partial charge < -0.3 is 14.6 Å². The first-order valence-corrected chi connectivity index (χ1v) is 6.80. The van der Waals surface area contributed by atoms with Gasteiger partial charge in [0.15, 0.2) is 0 Å². The van der Waals surface area contributed by atoms with Crippen molar-refractivity contribution in [3.8, 4) is 12.3 Å². The smallest absolute Gasteiger partial charge is 0.415 e. The number of hydrogen-bond donors (Lipinski definition) is 1. The van der Waals surface area contributed by atoms with E-state index < -0.39 is 23.8 Å². The predicted molar refractivity (Wildman–Crippen MR) is 81.0 cm³/mol. The first-order valence-electron chi connectivity index (χ1n) is 6.80. The zero-order valence-electron chi connectivity index (χ0n) is 13.3. The second-order valence-electron chi connectivity index (χ2n) is 5.79. The normalized spacial score (nSPS) is 17.9. The first kappa shape index (κ1) is 17.8. The Morgan fingerprint density at radius 1 is 1.45 bits per heavy atom. The van der Waals surface area contributed by atoms with Crippen LogP contribution in [0.1, 0.15) is 27.2 Å². The van der Waals surface area contributed by atoms with Crippen LogP contribution in [0.2, 0.25) is 0 Å². The fourth-order valence-electron chi connectivity index (χ4n) is 1.96. The van der Waals surface area contributed by atoms with Gasteiger partial charge in [0.05, 0.1) is 12.2 Å². The van der Waals surface area contributed by atoms with Crippen LogP contribution in [0, 0.1) is 12.3 Å². The summed E-state index contributed by atoms with van der Waals surface area (Å²) >= 11 is 0. The number of terminal acetylenes is 1. The predicted octanol–water partition coefficient (Wildman–Crippen LogP) is 2.17. The summed E-state index contributed by atoms with van der Waals surface area (Å²) in [7, 11) is 1.45. The number of carboxylic acid groups (broad SMARTS) is 1. The molecule has 6 heteroatoms. The lowest BCUT2D eigenvalue weighted by molar-refractivity contribution is -0.133. The average Bonchev–Trinajstić information content (AvgIpc) is 2.42. The van der Waals surface area contributed by atoms with E-state index in [2.05, 4.69) is 5.92 Å². The minimum absolute atomic E-state index is 0.0108. The van der Waals surface area contributed by atoms with Crippen LogP contribution >= 0.6 is 0 Å². The highest BCUT2D eigenvalue weighted by atomic mass is 16.6. The maximum Gasteiger partial charge on any atom is 0.415 e. The number of methoxy groups -OCH3 is 1. The summed E-state index contributed by atoms with van der Waals surface area (Å²) in [5, 5.41) is 9.05. The van der Waals surface area contributed by atoms with Crippen molar-refractivity contribution in [1.29, 1.82) is 0 Å². The van der Waals surface area contributed by atoms with Crippen molar-refractivity contribution in [2.45, 2.75) is 38.9 Å². The molecule has 0 bridgehead atoms. The molecule has 6 nitrogen and oxygen atoms in total. The van der Waals surface area contributed by atoms with E-state index in [0.717, 1.165) is 0 Å². The fourth-order valence-corrected chi connectivity index (χ4v) is 1.96. The Hall–Kier alpha value is -2.26. The molecule has 1 atom stereocenters. The lowest BCUT2D eigenvalue weighted by atomic mass is 9.99. The summed E-state index contributed by atoms with van der Waals surface area (Å²) < 4.78 is 10.6. The number of hydrogen-bond acceptors (Lipinski definition) is 4. The summed E-state index contributed by atoms with van der Waals surface area (Å²) in [5.41, 5.74) is 0.0317. The van der Waals surface area contributed by atoms with Crippen LogP contribution in [0.3, 0.4) is 0 Å². The van der Waals surface area contributed by atoms with Gasteiger partial charge in [-0.3, -0.25) is 4.90 Å². The van der Waals surface area contributed by atoms with Crippen LogP contribution in [0.4, 0.5) is 4.79 Å². The van der Waals surface area contributed by atoms with Gasteiger partial charge in [0.2, 0.25) is 0 Å². The number of carboxylic acids is 1. The Balaban J connectivity index is 3.11. The van der Waals surface area contributed by atoms with Gasteiger partial charge in [0.1, 0.15) is 11.7 Å². The number of allylic oxidation sites excluding steroid dienone is 2. The van der Waals surface area contributed by atoms with Crippen molar-refractivity contribution in [3.05, 3.63) is 23.4 Å². The molecule has 0 fully saturated rings. The first-order chi connectivity index (χ1) is 10.2. The Morgan fingerprint density at radius 3 is 2.55 bits per heavy atom. The third kappa shape index (κ3) is 4.64. The van der Waals surface area contributed by atoms with E-state index in [1.165, 1.54) is 24.2 Å². The van der Waals surface area contributed by atoms with E-state index in [9.17, 15) is 9.59 Å². The SMILES string of the molecule is C#CCN(C(=O)OC(C)(C)C)C1=CC=C(C(=O)O)CC1OC. The summed E-state index contributed by atoms with van der Waals surface area (Å²) in [4.78, 5) is 24.6. The molecule has 1 aliphatic carbocycles. The van der Waals surface area contributed by atoms with Crippen LogP contribution < -0.4 is 0 Å². The molecular formula is C16H21NO5. The third-order valence-electron chi connectivity index (χ3n) is 2.92. The number of nitrogens with zero attached hydrogens (tertiary/aromatic N) is 1. The second kappa shape index (κ2) is 7.14. The van der Waals surface area contributed by atoms with Crippen molar-refractivity contribution >= 4 is 12.1 Å². The van der Waals surface area contributed by atoms with Crippen LogP contribution in [0.25, 0.3) is 0 Å². The summed E-state index contributed by atoms with van der Waals surface area (Å²) in [6.45, 7) is 5.27. The Labute approximate surface area is 130 Å². The van der Waals surface area contributed by atoms with E-state index in [-0.39, 0.29) is 18.5 Å². The van der Waals surface area contributed by atoms with Crippen molar-refractivity contribution in [2.24, 2.45) is 0 Å². The molecule has 0 aromatic carbocycles. The molecule has 0 saturated heterocycles. The van der Waals surface area contributed by atoms with Gasteiger partial charge in [0.25, 0.3) is 0 Å². The monoisotopic (exact) mass is 307 g/mol. The molecule has 1 rings (SSSR count). The van der Waals surface area contributed by atoms with Gasteiger partial charge in [-0.15, -0.1) is 6.42 Å². The lowest BCUT2D eigenvalue weighted by Crippen LogP contribution is -2.41. The number of amides is 1. The zero-order chi connectivity index (χ0) is 16.9. The van der Waals surface area contributed by atoms with Crippen molar-refractivity contribution < 1.29 is 24.2 Å². The molecule has 0 aliphatic heterocycles. The number of carbonyl (C=O) groups is 2. The van der Waals surface area contributed by atoms with Gasteiger partial charge in [-0.2, -0.15) is 0 Å². The number of rotatable bonds is 4. The molecule has 0 spiro atoms. The van der Waals surface area contributed by atoms with Gasteiger partial charge >= 0.3 is 12.1 Å². The Kier molecular flexibility index (Phi) is 5.77. The molecule has 0 saturated carbocycles. The quantitative estimate of drug-likeness (QED) is 0.806. The minimum Gasteiger partial charge on any atom is -0.478 e. The number of aliphatic carboxylic acids is 1. The fraction of sp³-hybridized carbons (Fsp3) is 0.500.